The number of carboxylic acid groups (broad SMARTS) is 1. The molecule has 114 valence electrons. The van der Waals surface area contributed by atoms with Crippen molar-refractivity contribution in [3.05, 3.63) is 60.2 Å². The molecule has 0 unspecified atom stereocenters. The summed E-state index contributed by atoms with van der Waals surface area (Å²) in [6.07, 6.45) is 0. The first-order valence-electron chi connectivity index (χ1n) is 6.69. The molecule has 6 heteroatoms. The Labute approximate surface area is 138 Å². The fourth-order valence-corrected chi connectivity index (χ4v) is 2.55. The number of anilines is 1. The highest BCUT2D eigenvalue weighted by Crippen LogP contribution is 2.16. The normalized spacial score (nSPS) is 10.4. The maximum Gasteiger partial charge on any atom is 0.356 e. The number of aromatic nitrogens is 2. The Bertz CT molecular complexity index is 800. The Hall–Kier alpha value is -2.34. The van der Waals surface area contributed by atoms with E-state index in [0.717, 1.165) is 16.6 Å². The molecule has 1 aromatic heterocycles. The first kappa shape index (κ1) is 16.0. The number of nitrogens with zero attached hydrogens (tertiary/aromatic N) is 2. The summed E-state index contributed by atoms with van der Waals surface area (Å²) in [6, 6.07) is 17.6. The van der Waals surface area contributed by atoms with Gasteiger partial charge in [0.2, 0.25) is 0 Å². The molecule has 3 N–H and O–H groups in total. The number of nitrogens with two attached hydrogens (primary N) is 1. The lowest BCUT2D eigenvalue weighted by atomic mass is 10.2. The van der Waals surface area contributed by atoms with Gasteiger partial charge in [-0.3, -0.25) is 5.73 Å². The van der Waals surface area contributed by atoms with E-state index in [2.05, 4.69) is 0 Å². The molecule has 3 aromatic rings. The molecule has 0 radical (unpaired) electrons. The molecule has 0 saturated heterocycles. The third-order valence-corrected chi connectivity index (χ3v) is 3.49. The summed E-state index contributed by atoms with van der Waals surface area (Å²) >= 11 is 0. The van der Waals surface area contributed by atoms with Gasteiger partial charge in [-0.25, -0.2) is 13.9 Å². The topological polar surface area (TPSA) is 72.1 Å². The summed E-state index contributed by atoms with van der Waals surface area (Å²) in [7, 11) is 0. The molecule has 2 aromatic carbocycles. The first-order valence-corrected chi connectivity index (χ1v) is 6.69. The van der Waals surface area contributed by atoms with Crippen LogP contribution in [-0.4, -0.2) is 15.6 Å². The van der Waals surface area contributed by atoms with E-state index in [1.807, 2.05) is 59.2 Å². The quantitative estimate of drug-likeness (QED) is 0.564. The van der Waals surface area contributed by atoms with Gasteiger partial charge < -0.3 is 22.1 Å². The van der Waals surface area contributed by atoms with E-state index in [9.17, 15) is 4.79 Å². The Balaban J connectivity index is 0.00000176. The lowest BCUT2D eigenvalue weighted by molar-refractivity contribution is -0.648. The largest absolute Gasteiger partial charge is 1.00 e. The van der Waals surface area contributed by atoms with Crippen molar-refractivity contribution >= 4 is 23.0 Å². The fourth-order valence-electron chi connectivity index (χ4n) is 2.55. The van der Waals surface area contributed by atoms with Crippen LogP contribution in [0.5, 0.6) is 0 Å². The van der Waals surface area contributed by atoms with Crippen LogP contribution in [0.1, 0.15) is 5.56 Å². The zero-order valence-electron chi connectivity index (χ0n) is 11.8. The minimum absolute atomic E-state index is 0. The highest BCUT2D eigenvalue weighted by atomic mass is 79.9. The van der Waals surface area contributed by atoms with Crippen LogP contribution in [0, 0.1) is 0 Å². The Kier molecular flexibility index (Phi) is 4.82. The van der Waals surface area contributed by atoms with Gasteiger partial charge in [-0.1, -0.05) is 42.5 Å². The minimum atomic E-state index is -0.908. The van der Waals surface area contributed by atoms with E-state index in [-0.39, 0.29) is 23.5 Å². The molecule has 1 heterocycles. The number of aliphatic carboxylic acids is 1. The second-order valence-corrected chi connectivity index (χ2v) is 4.90. The van der Waals surface area contributed by atoms with Crippen LogP contribution in [0.4, 0.5) is 5.95 Å². The number of rotatable bonds is 4. The summed E-state index contributed by atoms with van der Waals surface area (Å²) in [4.78, 5) is 11.0. The van der Waals surface area contributed by atoms with Crippen molar-refractivity contribution in [3.8, 4) is 0 Å². The van der Waals surface area contributed by atoms with Gasteiger partial charge in [0.15, 0.2) is 6.54 Å². The maximum absolute atomic E-state index is 11.0. The zero-order valence-corrected chi connectivity index (χ0v) is 13.4. The predicted octanol–water partition coefficient (Wildman–Crippen LogP) is -1.35. The molecular weight excluding hydrogens is 346 g/mol. The van der Waals surface area contributed by atoms with E-state index in [1.54, 1.807) is 4.57 Å². The van der Waals surface area contributed by atoms with Gasteiger partial charge in [0, 0.05) is 0 Å². The lowest BCUT2D eigenvalue weighted by Crippen LogP contribution is -3.00. The van der Waals surface area contributed by atoms with Crippen molar-refractivity contribution in [2.75, 3.05) is 5.73 Å². The van der Waals surface area contributed by atoms with Crippen LogP contribution >= 0.6 is 0 Å². The molecule has 3 rings (SSSR count). The number of halogens is 1. The maximum atomic E-state index is 11.0. The number of hydrogen-bond donors (Lipinski definition) is 2. The smallest absolute Gasteiger partial charge is 0.356 e. The standard InChI is InChI=1S/C16H15N3O2.BrH/c17-16-18(10-12-6-2-1-3-7-12)13-8-4-5-9-14(13)19(16)11-15(20)21;/h1-9,17H,10-11H2,(H,20,21);1H. The second kappa shape index (κ2) is 6.62. The van der Waals surface area contributed by atoms with E-state index in [0.29, 0.717) is 12.5 Å². The number of para-hydroxylation sites is 2. The summed E-state index contributed by atoms with van der Waals surface area (Å²) in [5.74, 6) is -0.461. The van der Waals surface area contributed by atoms with Crippen molar-refractivity contribution in [2.45, 2.75) is 13.1 Å². The fraction of sp³-hybridized carbons (Fsp3) is 0.125. The summed E-state index contributed by atoms with van der Waals surface area (Å²) in [5.41, 5.74) is 9.05. The van der Waals surface area contributed by atoms with Crippen molar-refractivity contribution in [1.29, 1.82) is 0 Å². The second-order valence-electron chi connectivity index (χ2n) is 4.90. The summed E-state index contributed by atoms with van der Waals surface area (Å²) in [6.45, 7) is 0.466. The van der Waals surface area contributed by atoms with Gasteiger partial charge in [-0.15, -0.1) is 0 Å². The molecule has 0 aliphatic rings. The van der Waals surface area contributed by atoms with E-state index in [4.69, 9.17) is 10.8 Å². The highest BCUT2D eigenvalue weighted by Gasteiger charge is 2.22. The molecular formula is C16H16BrN3O2. The average molecular weight is 362 g/mol. The summed E-state index contributed by atoms with van der Waals surface area (Å²) < 4.78 is 3.56. The van der Waals surface area contributed by atoms with Crippen LogP contribution in [0.25, 0.3) is 11.0 Å². The number of fused-ring (bicyclic) bond motifs is 1. The van der Waals surface area contributed by atoms with Crippen molar-refractivity contribution < 1.29 is 31.4 Å². The number of carboxylic acids is 1. The SMILES string of the molecule is Nc1n(CC(=O)O)c2ccccc2[n+]1Cc1ccccc1.[Br-]. The van der Waals surface area contributed by atoms with E-state index < -0.39 is 5.97 Å². The molecule has 22 heavy (non-hydrogen) atoms. The zero-order chi connectivity index (χ0) is 14.8. The van der Waals surface area contributed by atoms with Crippen molar-refractivity contribution in [3.63, 3.8) is 0 Å². The molecule has 0 bridgehead atoms. The van der Waals surface area contributed by atoms with Crippen molar-refractivity contribution in [1.82, 2.24) is 4.57 Å². The van der Waals surface area contributed by atoms with E-state index in [1.165, 1.54) is 0 Å². The molecule has 0 aliphatic carbocycles. The first-order chi connectivity index (χ1) is 10.2. The third kappa shape index (κ3) is 2.96. The van der Waals surface area contributed by atoms with Gasteiger partial charge in [-0.2, -0.15) is 0 Å². The highest BCUT2D eigenvalue weighted by molar-refractivity contribution is 5.77. The molecule has 0 aliphatic heterocycles. The molecule has 0 saturated carbocycles. The predicted molar refractivity (Wildman–Crippen MR) is 79.7 cm³/mol. The van der Waals surface area contributed by atoms with Crippen LogP contribution in [-0.2, 0) is 17.9 Å². The number of carbonyl (C=O) groups is 1. The Morgan fingerprint density at radius 3 is 2.41 bits per heavy atom. The van der Waals surface area contributed by atoms with Gasteiger partial charge in [-0.05, 0) is 17.7 Å². The number of nitrogen functional groups attached to an aromatic ring is 1. The van der Waals surface area contributed by atoms with Gasteiger partial charge in [0.25, 0.3) is 0 Å². The van der Waals surface area contributed by atoms with Crippen molar-refractivity contribution in [2.24, 2.45) is 0 Å². The van der Waals surface area contributed by atoms with Gasteiger partial charge in [0.05, 0.1) is 6.54 Å². The van der Waals surface area contributed by atoms with Crippen LogP contribution < -0.4 is 27.3 Å². The number of imidazole rings is 1. The monoisotopic (exact) mass is 361 g/mol. The molecule has 0 fully saturated rings. The molecule has 0 spiro atoms. The number of hydrogen-bond acceptors (Lipinski definition) is 2. The van der Waals surface area contributed by atoms with Crippen LogP contribution in [0.15, 0.2) is 54.6 Å². The molecule has 0 amide bonds. The van der Waals surface area contributed by atoms with Gasteiger partial charge >= 0.3 is 11.9 Å². The molecule has 0 atom stereocenters. The Morgan fingerprint density at radius 1 is 1.09 bits per heavy atom. The van der Waals surface area contributed by atoms with Crippen LogP contribution in [0.2, 0.25) is 0 Å². The Morgan fingerprint density at radius 2 is 1.73 bits per heavy atom. The average Bonchev–Trinajstić information content (AvgIpc) is 2.74. The number of benzene rings is 2. The lowest BCUT2D eigenvalue weighted by Gasteiger charge is -2.01. The molecule has 5 nitrogen and oxygen atoms in total. The summed E-state index contributed by atoms with van der Waals surface area (Å²) in [5, 5.41) is 9.06. The third-order valence-electron chi connectivity index (χ3n) is 3.49. The van der Waals surface area contributed by atoms with Gasteiger partial charge in [0.1, 0.15) is 11.0 Å². The minimum Gasteiger partial charge on any atom is -1.00 e. The van der Waals surface area contributed by atoms with Crippen LogP contribution in [0.3, 0.4) is 0 Å². The van der Waals surface area contributed by atoms with E-state index >= 15 is 0 Å².